The fourth-order valence-corrected chi connectivity index (χ4v) is 1.80. The van der Waals surface area contributed by atoms with E-state index < -0.39 is 0 Å². The second kappa shape index (κ2) is 6.27. The summed E-state index contributed by atoms with van der Waals surface area (Å²) in [5.74, 6) is 2.53. The van der Waals surface area contributed by atoms with Crippen molar-refractivity contribution in [1.82, 2.24) is 14.8 Å². The van der Waals surface area contributed by atoms with Crippen molar-refractivity contribution >= 4 is 23.4 Å². The molecule has 0 unspecified atom stereocenters. The van der Waals surface area contributed by atoms with Crippen molar-refractivity contribution in [1.29, 1.82) is 0 Å². The highest BCUT2D eigenvalue weighted by Gasteiger charge is 2.00. The standard InChI is InChI=1S/C8H14ClN3S/c1-13-5-3-2-4-12-7-10-11-8(12)6-9/h7H,2-6H2,1H3. The number of hydrogen-bond donors (Lipinski definition) is 0. The highest BCUT2D eigenvalue weighted by molar-refractivity contribution is 7.98. The maximum absolute atomic E-state index is 5.69. The number of aryl methyl sites for hydroxylation is 1. The summed E-state index contributed by atoms with van der Waals surface area (Å²) in [5, 5.41) is 7.72. The van der Waals surface area contributed by atoms with E-state index in [-0.39, 0.29) is 0 Å². The lowest BCUT2D eigenvalue weighted by Crippen LogP contribution is -2.01. The van der Waals surface area contributed by atoms with Crippen LogP contribution in [0.1, 0.15) is 18.7 Å². The van der Waals surface area contributed by atoms with Crippen LogP contribution in [0.5, 0.6) is 0 Å². The minimum absolute atomic E-state index is 0.447. The first kappa shape index (κ1) is 10.9. The van der Waals surface area contributed by atoms with Gasteiger partial charge in [0.15, 0.2) is 0 Å². The topological polar surface area (TPSA) is 30.7 Å². The van der Waals surface area contributed by atoms with Crippen LogP contribution in [-0.2, 0) is 12.4 Å². The van der Waals surface area contributed by atoms with Gasteiger partial charge in [-0.15, -0.1) is 21.8 Å². The smallest absolute Gasteiger partial charge is 0.147 e. The zero-order valence-electron chi connectivity index (χ0n) is 7.74. The molecule has 0 N–H and O–H groups in total. The average Bonchev–Trinajstić information content (AvgIpc) is 2.60. The molecule has 0 aliphatic rings. The van der Waals surface area contributed by atoms with E-state index >= 15 is 0 Å². The maximum Gasteiger partial charge on any atom is 0.147 e. The fraction of sp³-hybridized carbons (Fsp3) is 0.750. The van der Waals surface area contributed by atoms with E-state index in [0.717, 1.165) is 12.4 Å². The van der Waals surface area contributed by atoms with Crippen LogP contribution in [0.15, 0.2) is 6.33 Å². The van der Waals surface area contributed by atoms with Crippen LogP contribution in [0.4, 0.5) is 0 Å². The molecule has 0 fully saturated rings. The largest absolute Gasteiger partial charge is 0.317 e. The predicted molar refractivity (Wildman–Crippen MR) is 57.2 cm³/mol. The van der Waals surface area contributed by atoms with Gasteiger partial charge in [-0.1, -0.05) is 0 Å². The Hall–Kier alpha value is -0.220. The Bertz CT molecular complexity index is 239. The zero-order chi connectivity index (χ0) is 9.52. The molecule has 74 valence electrons. The van der Waals surface area contributed by atoms with Crippen LogP contribution in [0.3, 0.4) is 0 Å². The Morgan fingerprint density at radius 3 is 3.08 bits per heavy atom. The van der Waals surface area contributed by atoms with Gasteiger partial charge in [-0.3, -0.25) is 0 Å². The molecule has 0 radical (unpaired) electrons. The Kier molecular flexibility index (Phi) is 5.23. The number of aromatic nitrogens is 3. The van der Waals surface area contributed by atoms with E-state index in [0.29, 0.717) is 5.88 Å². The summed E-state index contributed by atoms with van der Waals surface area (Å²) in [6.07, 6.45) is 6.28. The number of alkyl halides is 1. The SMILES string of the molecule is CSCCCCn1cnnc1CCl. The normalized spacial score (nSPS) is 10.6. The van der Waals surface area contributed by atoms with Gasteiger partial charge < -0.3 is 4.57 Å². The molecule has 0 saturated carbocycles. The monoisotopic (exact) mass is 219 g/mol. The first-order chi connectivity index (χ1) is 6.38. The first-order valence-electron chi connectivity index (χ1n) is 4.30. The maximum atomic E-state index is 5.69. The highest BCUT2D eigenvalue weighted by Crippen LogP contribution is 2.04. The van der Waals surface area contributed by atoms with Crippen molar-refractivity contribution in [3.8, 4) is 0 Å². The van der Waals surface area contributed by atoms with Crippen LogP contribution < -0.4 is 0 Å². The Morgan fingerprint density at radius 2 is 2.38 bits per heavy atom. The molecule has 0 aromatic carbocycles. The molecule has 0 aliphatic heterocycles. The van der Waals surface area contributed by atoms with Gasteiger partial charge in [-0.25, -0.2) is 0 Å². The molecular weight excluding hydrogens is 206 g/mol. The van der Waals surface area contributed by atoms with Gasteiger partial charge >= 0.3 is 0 Å². The van der Waals surface area contributed by atoms with E-state index in [2.05, 4.69) is 16.5 Å². The number of nitrogens with zero attached hydrogens (tertiary/aromatic N) is 3. The van der Waals surface area contributed by atoms with Gasteiger partial charge in [0.1, 0.15) is 12.2 Å². The van der Waals surface area contributed by atoms with Crippen molar-refractivity contribution in [2.45, 2.75) is 25.3 Å². The molecule has 0 amide bonds. The third-order valence-electron chi connectivity index (χ3n) is 1.81. The summed E-state index contributed by atoms with van der Waals surface area (Å²) in [6, 6.07) is 0. The van der Waals surface area contributed by atoms with E-state index in [1.165, 1.54) is 18.6 Å². The molecule has 0 spiro atoms. The number of unbranched alkanes of at least 4 members (excludes halogenated alkanes) is 1. The third-order valence-corrected chi connectivity index (χ3v) is 2.75. The summed E-state index contributed by atoms with van der Waals surface area (Å²) in [5.41, 5.74) is 0. The van der Waals surface area contributed by atoms with Gasteiger partial charge in [-0.2, -0.15) is 11.8 Å². The zero-order valence-corrected chi connectivity index (χ0v) is 9.31. The molecule has 1 heterocycles. The molecule has 1 aromatic heterocycles. The minimum Gasteiger partial charge on any atom is -0.317 e. The van der Waals surface area contributed by atoms with E-state index in [4.69, 9.17) is 11.6 Å². The lowest BCUT2D eigenvalue weighted by Gasteiger charge is -2.03. The summed E-state index contributed by atoms with van der Waals surface area (Å²) in [6.45, 7) is 0.982. The molecule has 0 atom stereocenters. The number of halogens is 1. The minimum atomic E-state index is 0.447. The number of rotatable bonds is 6. The van der Waals surface area contributed by atoms with Crippen molar-refractivity contribution in [2.24, 2.45) is 0 Å². The second-order valence-electron chi connectivity index (χ2n) is 2.77. The lowest BCUT2D eigenvalue weighted by atomic mass is 10.3. The van der Waals surface area contributed by atoms with E-state index in [9.17, 15) is 0 Å². The van der Waals surface area contributed by atoms with Gasteiger partial charge in [0, 0.05) is 6.54 Å². The lowest BCUT2D eigenvalue weighted by molar-refractivity contribution is 0.616. The van der Waals surface area contributed by atoms with Crippen LogP contribution in [-0.4, -0.2) is 26.8 Å². The summed E-state index contributed by atoms with van der Waals surface area (Å²) >= 11 is 7.57. The van der Waals surface area contributed by atoms with Crippen LogP contribution in [0.25, 0.3) is 0 Å². The summed E-state index contributed by atoms with van der Waals surface area (Å²) in [7, 11) is 0. The molecular formula is C8H14ClN3S. The second-order valence-corrected chi connectivity index (χ2v) is 4.03. The predicted octanol–water partition coefficient (Wildman–Crippen LogP) is 2.16. The summed E-state index contributed by atoms with van der Waals surface area (Å²) < 4.78 is 2.02. The molecule has 1 aromatic rings. The number of hydrogen-bond acceptors (Lipinski definition) is 3. The molecule has 1 rings (SSSR count). The molecule has 0 aliphatic carbocycles. The average molecular weight is 220 g/mol. The van der Waals surface area contributed by atoms with Crippen molar-refractivity contribution in [3.63, 3.8) is 0 Å². The van der Waals surface area contributed by atoms with Crippen molar-refractivity contribution < 1.29 is 0 Å². The van der Waals surface area contributed by atoms with Crippen molar-refractivity contribution in [2.75, 3.05) is 12.0 Å². The Balaban J connectivity index is 2.27. The van der Waals surface area contributed by atoms with E-state index in [1.807, 2.05) is 16.3 Å². The van der Waals surface area contributed by atoms with Crippen LogP contribution in [0.2, 0.25) is 0 Å². The van der Waals surface area contributed by atoms with Gasteiger partial charge in [0.05, 0.1) is 5.88 Å². The molecule has 3 nitrogen and oxygen atoms in total. The Labute approximate surface area is 87.9 Å². The summed E-state index contributed by atoms with van der Waals surface area (Å²) in [4.78, 5) is 0. The Morgan fingerprint density at radius 1 is 1.54 bits per heavy atom. The molecule has 13 heavy (non-hydrogen) atoms. The van der Waals surface area contributed by atoms with Gasteiger partial charge in [-0.05, 0) is 24.9 Å². The van der Waals surface area contributed by atoms with Gasteiger partial charge in [0.2, 0.25) is 0 Å². The number of thioether (sulfide) groups is 1. The van der Waals surface area contributed by atoms with Crippen LogP contribution in [0, 0.1) is 0 Å². The fourth-order valence-electron chi connectivity index (χ4n) is 1.10. The quantitative estimate of drug-likeness (QED) is 0.543. The van der Waals surface area contributed by atoms with E-state index in [1.54, 1.807) is 6.33 Å². The van der Waals surface area contributed by atoms with Gasteiger partial charge in [0.25, 0.3) is 0 Å². The highest BCUT2D eigenvalue weighted by atomic mass is 35.5. The first-order valence-corrected chi connectivity index (χ1v) is 6.23. The third kappa shape index (κ3) is 3.56. The van der Waals surface area contributed by atoms with Crippen molar-refractivity contribution in [3.05, 3.63) is 12.2 Å². The molecule has 5 heteroatoms. The van der Waals surface area contributed by atoms with Crippen LogP contribution >= 0.6 is 23.4 Å². The molecule has 0 saturated heterocycles. The molecule has 0 bridgehead atoms.